The SMILES string of the molecule is Cc1ccc(C(c2c(C)c3ccccc3n2CC#Cc2ccc([N+](=O)[O-])cc2)c2c(C)c3ccccc3n2CC#Cc2ccc([N+](=O)[O-])cc2)cc1. The van der Waals surface area contributed by atoms with Gasteiger partial charge < -0.3 is 9.13 Å². The van der Waals surface area contributed by atoms with Gasteiger partial charge in [0.15, 0.2) is 0 Å². The van der Waals surface area contributed by atoms with Crippen molar-refractivity contribution in [3.63, 3.8) is 0 Å². The van der Waals surface area contributed by atoms with Gasteiger partial charge in [-0.1, -0.05) is 89.9 Å². The molecule has 0 N–H and O–H groups in total. The molecule has 254 valence electrons. The van der Waals surface area contributed by atoms with Crippen LogP contribution in [0.2, 0.25) is 0 Å². The monoisotopic (exact) mass is 682 g/mol. The molecule has 0 amide bonds. The van der Waals surface area contributed by atoms with Crippen molar-refractivity contribution < 1.29 is 9.85 Å². The van der Waals surface area contributed by atoms with E-state index in [9.17, 15) is 20.2 Å². The Hall–Kier alpha value is -6.90. The Balaban J connectivity index is 1.41. The Labute approximate surface area is 301 Å². The molecule has 0 aliphatic carbocycles. The number of fused-ring (bicyclic) bond motifs is 2. The largest absolute Gasteiger partial charge is 0.332 e. The quantitative estimate of drug-likeness (QED) is 0.0950. The second-order valence-corrected chi connectivity index (χ2v) is 12.8. The van der Waals surface area contributed by atoms with Crippen molar-refractivity contribution in [3.05, 3.63) is 186 Å². The molecule has 2 aromatic heterocycles. The maximum atomic E-state index is 11.2. The predicted molar refractivity (Wildman–Crippen MR) is 205 cm³/mol. The highest BCUT2D eigenvalue weighted by atomic mass is 16.6. The lowest BCUT2D eigenvalue weighted by molar-refractivity contribution is -0.385. The average molecular weight is 683 g/mol. The number of nitro groups is 2. The molecule has 5 aromatic carbocycles. The van der Waals surface area contributed by atoms with E-state index in [0.717, 1.165) is 49.9 Å². The zero-order valence-corrected chi connectivity index (χ0v) is 29.0. The van der Waals surface area contributed by atoms with Gasteiger partial charge in [0.25, 0.3) is 11.4 Å². The summed E-state index contributed by atoms with van der Waals surface area (Å²) >= 11 is 0. The Bertz CT molecular complexity index is 2450. The van der Waals surface area contributed by atoms with Gasteiger partial charge in [0.05, 0.1) is 28.9 Å². The normalized spacial score (nSPS) is 10.9. The molecule has 8 nitrogen and oxygen atoms in total. The van der Waals surface area contributed by atoms with Crippen molar-refractivity contribution in [2.24, 2.45) is 0 Å². The summed E-state index contributed by atoms with van der Waals surface area (Å²) in [6.07, 6.45) is 0. The first-order valence-corrected chi connectivity index (χ1v) is 16.9. The standard InChI is InChI=1S/C44H34N4O4/c1-30-16-22-35(23-17-30)42(43-31(2)38-12-4-6-14-40(38)45(43)28-8-10-33-18-24-36(25-19-33)47(49)50)44-32(3)39-13-5-7-15-41(39)46(44)29-9-11-34-20-26-37(27-21-34)48(51)52/h4-7,12-27,42H,28-29H2,1-3H3. The molecule has 0 saturated carbocycles. The molecule has 0 atom stereocenters. The summed E-state index contributed by atoms with van der Waals surface area (Å²) in [6, 6.07) is 38.1. The number of aryl methyl sites for hydroxylation is 3. The number of aromatic nitrogens is 2. The molecule has 52 heavy (non-hydrogen) atoms. The van der Waals surface area contributed by atoms with Gasteiger partial charge in [-0.3, -0.25) is 20.2 Å². The Morgan fingerprint density at radius 1 is 0.558 bits per heavy atom. The van der Waals surface area contributed by atoms with Crippen LogP contribution in [0.3, 0.4) is 0 Å². The van der Waals surface area contributed by atoms with E-state index in [1.807, 2.05) is 12.1 Å². The van der Waals surface area contributed by atoms with E-state index in [0.29, 0.717) is 24.2 Å². The maximum absolute atomic E-state index is 11.2. The number of rotatable bonds is 7. The fourth-order valence-corrected chi connectivity index (χ4v) is 7.06. The van der Waals surface area contributed by atoms with E-state index in [1.54, 1.807) is 24.3 Å². The lowest BCUT2D eigenvalue weighted by atomic mass is 9.87. The minimum absolute atomic E-state index is 0.0315. The van der Waals surface area contributed by atoms with Crippen LogP contribution in [0.15, 0.2) is 121 Å². The first-order chi connectivity index (χ1) is 25.2. The molecular formula is C44H34N4O4. The Morgan fingerprint density at radius 3 is 1.37 bits per heavy atom. The van der Waals surface area contributed by atoms with Gasteiger partial charge in [-0.15, -0.1) is 0 Å². The van der Waals surface area contributed by atoms with Crippen molar-refractivity contribution >= 4 is 33.2 Å². The van der Waals surface area contributed by atoms with E-state index in [-0.39, 0.29) is 17.3 Å². The lowest BCUT2D eigenvalue weighted by Gasteiger charge is -2.24. The molecule has 0 saturated heterocycles. The summed E-state index contributed by atoms with van der Waals surface area (Å²) in [5.41, 5.74) is 10.5. The average Bonchev–Trinajstić information content (AvgIpc) is 3.59. The molecule has 0 spiro atoms. The number of hydrogen-bond donors (Lipinski definition) is 0. The van der Waals surface area contributed by atoms with Crippen LogP contribution in [0, 0.1) is 64.7 Å². The lowest BCUT2D eigenvalue weighted by Crippen LogP contribution is -2.16. The van der Waals surface area contributed by atoms with Gasteiger partial charge in [-0.25, -0.2) is 0 Å². The molecule has 7 aromatic rings. The molecule has 7 rings (SSSR count). The van der Waals surface area contributed by atoms with Crippen LogP contribution in [0.25, 0.3) is 21.8 Å². The van der Waals surface area contributed by atoms with Gasteiger partial charge in [-0.2, -0.15) is 0 Å². The fourth-order valence-electron chi connectivity index (χ4n) is 7.06. The number of nitro benzene ring substituents is 2. The molecule has 8 heteroatoms. The van der Waals surface area contributed by atoms with Crippen LogP contribution in [-0.2, 0) is 13.1 Å². The third-order valence-corrected chi connectivity index (χ3v) is 9.60. The van der Waals surface area contributed by atoms with Crippen LogP contribution in [-0.4, -0.2) is 19.0 Å². The zero-order chi connectivity index (χ0) is 36.4. The summed E-state index contributed by atoms with van der Waals surface area (Å²) < 4.78 is 4.61. The summed E-state index contributed by atoms with van der Waals surface area (Å²) in [4.78, 5) is 21.6. The molecule has 0 aliphatic rings. The molecule has 0 unspecified atom stereocenters. The molecular weight excluding hydrogens is 649 g/mol. The van der Waals surface area contributed by atoms with Crippen LogP contribution in [0.1, 0.15) is 50.7 Å². The van der Waals surface area contributed by atoms with Gasteiger partial charge >= 0.3 is 0 Å². The molecule has 0 bridgehead atoms. The first kappa shape index (κ1) is 33.6. The zero-order valence-electron chi connectivity index (χ0n) is 29.0. The second kappa shape index (κ2) is 14.1. The van der Waals surface area contributed by atoms with E-state index >= 15 is 0 Å². The highest BCUT2D eigenvalue weighted by Crippen LogP contribution is 2.42. The third-order valence-electron chi connectivity index (χ3n) is 9.60. The third kappa shape index (κ3) is 6.42. The van der Waals surface area contributed by atoms with Crippen molar-refractivity contribution in [2.75, 3.05) is 0 Å². The molecule has 0 radical (unpaired) electrons. The van der Waals surface area contributed by atoms with Crippen molar-refractivity contribution in [1.82, 2.24) is 9.13 Å². The first-order valence-electron chi connectivity index (χ1n) is 16.9. The van der Waals surface area contributed by atoms with E-state index in [1.165, 1.54) is 29.8 Å². The topological polar surface area (TPSA) is 96.1 Å². The minimum atomic E-state index is -0.411. The van der Waals surface area contributed by atoms with Crippen molar-refractivity contribution in [2.45, 2.75) is 39.8 Å². The van der Waals surface area contributed by atoms with Crippen LogP contribution >= 0.6 is 0 Å². The van der Waals surface area contributed by atoms with Gasteiger partial charge in [0.1, 0.15) is 0 Å². The fraction of sp³-hybridized carbons (Fsp3) is 0.136. The van der Waals surface area contributed by atoms with Crippen molar-refractivity contribution in [3.8, 4) is 23.7 Å². The molecule has 0 fully saturated rings. The predicted octanol–water partition coefficient (Wildman–Crippen LogP) is 9.62. The molecule has 0 aliphatic heterocycles. The summed E-state index contributed by atoms with van der Waals surface area (Å²) in [5.74, 6) is 13.0. The van der Waals surface area contributed by atoms with Crippen LogP contribution < -0.4 is 0 Å². The van der Waals surface area contributed by atoms with E-state index in [2.05, 4.69) is 114 Å². The summed E-state index contributed by atoms with van der Waals surface area (Å²) in [5, 5.41) is 24.7. The smallest absolute Gasteiger partial charge is 0.269 e. The highest BCUT2D eigenvalue weighted by Gasteiger charge is 2.30. The number of para-hydroxylation sites is 2. The Kier molecular flexibility index (Phi) is 9.14. The van der Waals surface area contributed by atoms with E-state index in [4.69, 9.17) is 0 Å². The minimum Gasteiger partial charge on any atom is -0.332 e. The van der Waals surface area contributed by atoms with Crippen LogP contribution in [0.4, 0.5) is 11.4 Å². The van der Waals surface area contributed by atoms with Gasteiger partial charge in [0.2, 0.25) is 0 Å². The number of benzene rings is 5. The maximum Gasteiger partial charge on any atom is 0.269 e. The van der Waals surface area contributed by atoms with Crippen LogP contribution in [0.5, 0.6) is 0 Å². The second-order valence-electron chi connectivity index (χ2n) is 12.8. The van der Waals surface area contributed by atoms with E-state index < -0.39 is 9.85 Å². The van der Waals surface area contributed by atoms with Crippen molar-refractivity contribution in [1.29, 1.82) is 0 Å². The highest BCUT2D eigenvalue weighted by molar-refractivity contribution is 5.88. The summed E-state index contributed by atoms with van der Waals surface area (Å²) in [6.45, 7) is 7.25. The van der Waals surface area contributed by atoms with Gasteiger partial charge in [-0.05, 0) is 73.9 Å². The van der Waals surface area contributed by atoms with Gasteiger partial charge in [0, 0.05) is 68.6 Å². The number of hydrogen-bond acceptors (Lipinski definition) is 4. The Morgan fingerprint density at radius 2 is 0.962 bits per heavy atom. The number of nitrogens with zero attached hydrogens (tertiary/aromatic N) is 4. The molecule has 2 heterocycles. The summed E-state index contributed by atoms with van der Waals surface area (Å²) in [7, 11) is 0. The number of non-ortho nitro benzene ring substituents is 2.